The summed E-state index contributed by atoms with van der Waals surface area (Å²) in [5.41, 5.74) is 2.76. The van der Waals surface area contributed by atoms with Crippen LogP contribution in [0.4, 0.5) is 0 Å². The summed E-state index contributed by atoms with van der Waals surface area (Å²) < 4.78 is 1.05. The lowest BCUT2D eigenvalue weighted by Crippen LogP contribution is -1.91. The van der Waals surface area contributed by atoms with E-state index in [9.17, 15) is 4.79 Å². The first-order valence-electron chi connectivity index (χ1n) is 6.95. The molecule has 1 aromatic heterocycles. The molecule has 108 valence electrons. The minimum Gasteiger partial charge on any atom is -0.360 e. The zero-order valence-electron chi connectivity index (χ0n) is 11.8. The Kier molecular flexibility index (Phi) is 4.35. The highest BCUT2D eigenvalue weighted by Gasteiger charge is 2.07. The second-order valence-corrected chi connectivity index (χ2v) is 5.80. The number of aromatic amines is 1. The van der Waals surface area contributed by atoms with Crippen molar-refractivity contribution in [1.29, 1.82) is 0 Å². The van der Waals surface area contributed by atoms with Crippen molar-refractivity contribution in [1.82, 2.24) is 4.98 Å². The molecule has 0 aliphatic rings. The predicted octanol–water partition coefficient (Wildman–Crippen LogP) is 5.38. The summed E-state index contributed by atoms with van der Waals surface area (Å²) in [5, 5.41) is 0.953. The SMILES string of the molecule is O=C(/C=C/C=C/c1ccc(Br)cc1)c1c[nH]c2ccccc12. The number of ketones is 1. The molecule has 22 heavy (non-hydrogen) atoms. The van der Waals surface area contributed by atoms with Gasteiger partial charge in [-0.15, -0.1) is 0 Å². The monoisotopic (exact) mass is 351 g/mol. The van der Waals surface area contributed by atoms with E-state index in [1.807, 2.05) is 60.7 Å². The third kappa shape index (κ3) is 3.26. The van der Waals surface area contributed by atoms with E-state index in [4.69, 9.17) is 0 Å². The molecule has 0 saturated heterocycles. The smallest absolute Gasteiger partial charge is 0.187 e. The minimum atomic E-state index is -0.00194. The van der Waals surface area contributed by atoms with Crippen molar-refractivity contribution in [2.45, 2.75) is 0 Å². The highest BCUT2D eigenvalue weighted by molar-refractivity contribution is 9.10. The molecule has 0 fully saturated rings. The molecule has 1 heterocycles. The number of halogens is 1. The second-order valence-electron chi connectivity index (χ2n) is 4.88. The van der Waals surface area contributed by atoms with Crippen molar-refractivity contribution >= 4 is 38.7 Å². The number of aromatic nitrogens is 1. The quantitative estimate of drug-likeness (QED) is 0.382. The Morgan fingerprint density at radius 3 is 2.59 bits per heavy atom. The Labute approximate surface area is 137 Å². The first-order chi connectivity index (χ1) is 10.7. The summed E-state index contributed by atoms with van der Waals surface area (Å²) in [6, 6.07) is 15.8. The van der Waals surface area contributed by atoms with Crippen LogP contribution in [0.15, 0.2) is 77.4 Å². The van der Waals surface area contributed by atoms with Crippen LogP contribution in [0.3, 0.4) is 0 Å². The van der Waals surface area contributed by atoms with Gasteiger partial charge < -0.3 is 4.98 Å². The lowest BCUT2D eigenvalue weighted by molar-refractivity contribution is 0.104. The number of carbonyl (C=O) groups excluding carboxylic acids is 1. The first-order valence-corrected chi connectivity index (χ1v) is 7.74. The molecule has 0 aliphatic heterocycles. The van der Waals surface area contributed by atoms with Crippen LogP contribution in [0.5, 0.6) is 0 Å². The number of H-pyrrole nitrogens is 1. The summed E-state index contributed by atoms with van der Waals surface area (Å²) in [6.45, 7) is 0. The largest absolute Gasteiger partial charge is 0.360 e. The second kappa shape index (κ2) is 6.58. The van der Waals surface area contributed by atoms with Gasteiger partial charge in [-0.2, -0.15) is 0 Å². The van der Waals surface area contributed by atoms with Gasteiger partial charge in [0.25, 0.3) is 0 Å². The van der Waals surface area contributed by atoms with Crippen LogP contribution in [0.1, 0.15) is 15.9 Å². The highest BCUT2D eigenvalue weighted by Crippen LogP contribution is 2.18. The van der Waals surface area contributed by atoms with E-state index in [0.29, 0.717) is 5.56 Å². The van der Waals surface area contributed by atoms with Gasteiger partial charge >= 0.3 is 0 Å². The van der Waals surface area contributed by atoms with Crippen LogP contribution in [0.2, 0.25) is 0 Å². The van der Waals surface area contributed by atoms with Gasteiger partial charge in [0, 0.05) is 27.1 Å². The summed E-state index contributed by atoms with van der Waals surface area (Å²) in [4.78, 5) is 15.3. The fraction of sp³-hybridized carbons (Fsp3) is 0. The van der Waals surface area contributed by atoms with E-state index in [1.165, 1.54) is 0 Å². The zero-order chi connectivity index (χ0) is 15.4. The summed E-state index contributed by atoms with van der Waals surface area (Å²) in [7, 11) is 0. The third-order valence-corrected chi connectivity index (χ3v) is 3.90. The number of rotatable bonds is 4. The van der Waals surface area contributed by atoms with Crippen molar-refractivity contribution in [3.8, 4) is 0 Å². The molecule has 0 bridgehead atoms. The normalized spacial score (nSPS) is 11.7. The molecule has 3 aromatic rings. The molecule has 0 saturated carbocycles. The van der Waals surface area contributed by atoms with E-state index >= 15 is 0 Å². The molecule has 0 unspecified atom stereocenters. The highest BCUT2D eigenvalue weighted by atomic mass is 79.9. The third-order valence-electron chi connectivity index (χ3n) is 3.37. The average Bonchev–Trinajstić information content (AvgIpc) is 2.97. The van der Waals surface area contributed by atoms with Crippen LogP contribution in [0.25, 0.3) is 17.0 Å². The number of allylic oxidation sites excluding steroid dienone is 3. The van der Waals surface area contributed by atoms with Crippen LogP contribution in [-0.2, 0) is 0 Å². The van der Waals surface area contributed by atoms with Gasteiger partial charge in [0.2, 0.25) is 0 Å². The Morgan fingerprint density at radius 2 is 1.77 bits per heavy atom. The molecular weight excluding hydrogens is 338 g/mol. The molecule has 3 rings (SSSR count). The summed E-state index contributed by atoms with van der Waals surface area (Å²) >= 11 is 3.40. The number of carbonyl (C=O) groups is 1. The van der Waals surface area contributed by atoms with Crippen LogP contribution in [0, 0.1) is 0 Å². The Balaban J connectivity index is 1.72. The number of fused-ring (bicyclic) bond motifs is 1. The maximum absolute atomic E-state index is 12.2. The molecule has 2 aromatic carbocycles. The topological polar surface area (TPSA) is 32.9 Å². The lowest BCUT2D eigenvalue weighted by atomic mass is 10.1. The number of nitrogens with one attached hydrogen (secondary N) is 1. The van der Waals surface area contributed by atoms with Crippen molar-refractivity contribution in [2.75, 3.05) is 0 Å². The molecule has 0 atom stereocenters. The summed E-state index contributed by atoms with van der Waals surface area (Å²) in [5.74, 6) is -0.00194. The van der Waals surface area contributed by atoms with Crippen molar-refractivity contribution in [3.05, 3.63) is 88.6 Å². The van der Waals surface area contributed by atoms with Crippen LogP contribution < -0.4 is 0 Å². The molecule has 0 amide bonds. The standard InChI is InChI=1S/C19H14BrNO/c20-15-11-9-14(10-12-15)5-1-4-8-19(22)17-13-21-18-7-3-2-6-16(17)18/h1-13,21H/b5-1+,8-4+. The molecule has 2 nitrogen and oxygen atoms in total. The van der Waals surface area contributed by atoms with Gasteiger partial charge in [-0.25, -0.2) is 0 Å². The van der Waals surface area contributed by atoms with Gasteiger partial charge in [0.05, 0.1) is 0 Å². The van der Waals surface area contributed by atoms with Crippen molar-refractivity contribution in [2.24, 2.45) is 0 Å². The lowest BCUT2D eigenvalue weighted by Gasteiger charge is -1.93. The van der Waals surface area contributed by atoms with E-state index < -0.39 is 0 Å². The molecule has 3 heteroatoms. The van der Waals surface area contributed by atoms with Crippen molar-refractivity contribution in [3.63, 3.8) is 0 Å². The fourth-order valence-electron chi connectivity index (χ4n) is 2.25. The van der Waals surface area contributed by atoms with E-state index in [1.54, 1.807) is 18.3 Å². The molecule has 0 spiro atoms. The maximum atomic E-state index is 12.2. The molecule has 1 N–H and O–H groups in total. The van der Waals surface area contributed by atoms with Gasteiger partial charge in [-0.3, -0.25) is 4.79 Å². The van der Waals surface area contributed by atoms with Crippen molar-refractivity contribution < 1.29 is 4.79 Å². The Morgan fingerprint density at radius 1 is 1.00 bits per heavy atom. The van der Waals surface area contributed by atoms with Crippen LogP contribution >= 0.6 is 15.9 Å². The molecular formula is C19H14BrNO. The minimum absolute atomic E-state index is 0.00194. The first kappa shape index (κ1) is 14.5. The van der Waals surface area contributed by atoms with Crippen LogP contribution in [-0.4, -0.2) is 10.8 Å². The van der Waals surface area contributed by atoms with Gasteiger partial charge in [-0.05, 0) is 29.8 Å². The van der Waals surface area contributed by atoms with Gasteiger partial charge in [-0.1, -0.05) is 64.5 Å². The Hall–Kier alpha value is -2.39. The number of benzene rings is 2. The summed E-state index contributed by atoms with van der Waals surface area (Å²) in [6.07, 6.45) is 8.95. The maximum Gasteiger partial charge on any atom is 0.187 e. The zero-order valence-corrected chi connectivity index (χ0v) is 13.4. The predicted molar refractivity (Wildman–Crippen MR) is 94.9 cm³/mol. The average molecular weight is 352 g/mol. The number of hydrogen-bond donors (Lipinski definition) is 1. The molecule has 0 radical (unpaired) electrons. The molecule has 0 aliphatic carbocycles. The van der Waals surface area contributed by atoms with E-state index in [2.05, 4.69) is 20.9 Å². The van der Waals surface area contributed by atoms with E-state index in [0.717, 1.165) is 20.9 Å². The van der Waals surface area contributed by atoms with E-state index in [-0.39, 0.29) is 5.78 Å². The van der Waals surface area contributed by atoms with Gasteiger partial charge in [0.1, 0.15) is 0 Å². The van der Waals surface area contributed by atoms with Gasteiger partial charge in [0.15, 0.2) is 5.78 Å². The Bertz CT molecular complexity index is 857. The number of hydrogen-bond acceptors (Lipinski definition) is 1. The fourth-order valence-corrected chi connectivity index (χ4v) is 2.51. The number of para-hydroxylation sites is 1.